The van der Waals surface area contributed by atoms with Gasteiger partial charge in [0.05, 0.1) is 0 Å². The summed E-state index contributed by atoms with van der Waals surface area (Å²) in [6.07, 6.45) is 8.08. The van der Waals surface area contributed by atoms with Gasteiger partial charge in [0.2, 0.25) is 0 Å². The first kappa shape index (κ1) is 14.7. The number of aromatic amines is 1. The lowest BCUT2D eigenvalue weighted by Gasteiger charge is -2.24. The lowest BCUT2D eigenvalue weighted by atomic mass is 9.82. The van der Waals surface area contributed by atoms with E-state index in [4.69, 9.17) is 4.98 Å². The number of nitrogens with zero attached hydrogens (tertiary/aromatic N) is 1. The standard InChI is InChI=1S/C21H21N3O/c25-21-17-6-4-14(11-15(17)8-9-22-21)19-12-23-20-18(19)7-5-16(24-20)10-13-2-1-3-13/h4-7,11-13H,1-3,8-10H2,(H,22,25)(H,23,24). The Morgan fingerprint density at radius 2 is 2.04 bits per heavy atom. The van der Waals surface area contributed by atoms with Gasteiger partial charge in [0.25, 0.3) is 5.91 Å². The molecule has 1 aliphatic heterocycles. The van der Waals surface area contributed by atoms with E-state index in [0.29, 0.717) is 0 Å². The molecule has 3 heterocycles. The molecule has 1 amide bonds. The van der Waals surface area contributed by atoms with Crippen molar-refractivity contribution in [3.63, 3.8) is 0 Å². The van der Waals surface area contributed by atoms with Crippen LogP contribution < -0.4 is 5.32 Å². The summed E-state index contributed by atoms with van der Waals surface area (Å²) in [6, 6.07) is 10.5. The van der Waals surface area contributed by atoms with Crippen molar-refractivity contribution in [1.82, 2.24) is 15.3 Å². The molecule has 25 heavy (non-hydrogen) atoms. The van der Waals surface area contributed by atoms with E-state index in [0.717, 1.165) is 58.6 Å². The number of carbonyl (C=O) groups is 1. The Bertz CT molecular complexity index is 968. The fourth-order valence-corrected chi connectivity index (χ4v) is 3.99. The Morgan fingerprint density at radius 3 is 2.88 bits per heavy atom. The summed E-state index contributed by atoms with van der Waals surface area (Å²) < 4.78 is 0. The number of H-pyrrole nitrogens is 1. The molecule has 2 N–H and O–H groups in total. The molecule has 0 unspecified atom stereocenters. The first-order valence-corrected chi connectivity index (χ1v) is 9.16. The smallest absolute Gasteiger partial charge is 0.251 e. The van der Waals surface area contributed by atoms with E-state index in [1.807, 2.05) is 18.3 Å². The van der Waals surface area contributed by atoms with Crippen molar-refractivity contribution < 1.29 is 4.79 Å². The minimum Gasteiger partial charge on any atom is -0.352 e. The lowest BCUT2D eigenvalue weighted by molar-refractivity contribution is 0.0946. The molecule has 1 aliphatic carbocycles. The molecular weight excluding hydrogens is 310 g/mol. The summed E-state index contributed by atoms with van der Waals surface area (Å²) in [5.41, 5.74) is 6.38. The van der Waals surface area contributed by atoms with Crippen LogP contribution in [0.5, 0.6) is 0 Å². The molecule has 3 aromatic rings. The second-order valence-electron chi connectivity index (χ2n) is 7.28. The third-order valence-electron chi connectivity index (χ3n) is 5.66. The SMILES string of the molecule is O=C1NCCc2cc(-c3c[nH]c4nc(CC5CCC5)ccc34)ccc21. The van der Waals surface area contributed by atoms with Crippen molar-refractivity contribution in [3.8, 4) is 11.1 Å². The zero-order chi connectivity index (χ0) is 16.8. The summed E-state index contributed by atoms with van der Waals surface area (Å²) in [5, 5.41) is 4.05. The predicted octanol–water partition coefficient (Wildman–Crippen LogP) is 3.86. The van der Waals surface area contributed by atoms with Gasteiger partial charge in [-0.1, -0.05) is 31.4 Å². The number of amides is 1. The van der Waals surface area contributed by atoms with Crippen molar-refractivity contribution in [2.75, 3.05) is 6.54 Å². The van der Waals surface area contributed by atoms with E-state index in [2.05, 4.69) is 28.5 Å². The second-order valence-corrected chi connectivity index (χ2v) is 7.28. The first-order chi connectivity index (χ1) is 12.3. The summed E-state index contributed by atoms with van der Waals surface area (Å²) in [7, 11) is 0. The number of aromatic nitrogens is 2. The monoisotopic (exact) mass is 331 g/mol. The highest BCUT2D eigenvalue weighted by Crippen LogP contribution is 2.32. The van der Waals surface area contributed by atoms with Gasteiger partial charge in [-0.15, -0.1) is 0 Å². The number of fused-ring (bicyclic) bond motifs is 2. The van der Waals surface area contributed by atoms with Gasteiger partial charge in [-0.3, -0.25) is 4.79 Å². The highest BCUT2D eigenvalue weighted by Gasteiger charge is 2.20. The van der Waals surface area contributed by atoms with Crippen LogP contribution in [0.2, 0.25) is 0 Å². The van der Waals surface area contributed by atoms with E-state index in [9.17, 15) is 4.79 Å². The van der Waals surface area contributed by atoms with Crippen LogP contribution in [0.15, 0.2) is 36.5 Å². The molecule has 0 radical (unpaired) electrons. The van der Waals surface area contributed by atoms with E-state index in [-0.39, 0.29) is 5.91 Å². The highest BCUT2D eigenvalue weighted by molar-refractivity contribution is 5.99. The number of benzene rings is 1. The van der Waals surface area contributed by atoms with E-state index >= 15 is 0 Å². The average molecular weight is 331 g/mol. The molecule has 1 aromatic carbocycles. The summed E-state index contributed by atoms with van der Waals surface area (Å²) in [5.74, 6) is 0.861. The quantitative estimate of drug-likeness (QED) is 0.766. The van der Waals surface area contributed by atoms with Crippen molar-refractivity contribution >= 4 is 16.9 Å². The van der Waals surface area contributed by atoms with Gasteiger partial charge in [-0.2, -0.15) is 0 Å². The first-order valence-electron chi connectivity index (χ1n) is 9.16. The molecule has 0 saturated heterocycles. The van der Waals surface area contributed by atoms with Gasteiger partial charge in [0.15, 0.2) is 0 Å². The summed E-state index contributed by atoms with van der Waals surface area (Å²) >= 11 is 0. The Morgan fingerprint density at radius 1 is 1.12 bits per heavy atom. The number of nitrogens with one attached hydrogen (secondary N) is 2. The molecule has 126 valence electrons. The Hall–Kier alpha value is -2.62. The topological polar surface area (TPSA) is 57.8 Å². The van der Waals surface area contributed by atoms with Crippen LogP contribution >= 0.6 is 0 Å². The van der Waals surface area contributed by atoms with Crippen LogP contribution in [0.1, 0.15) is 40.9 Å². The number of hydrogen-bond donors (Lipinski definition) is 2. The Kier molecular flexibility index (Phi) is 3.37. The molecule has 2 aliphatic rings. The molecular formula is C21H21N3O. The maximum atomic E-state index is 11.9. The fraction of sp³-hybridized carbons (Fsp3) is 0.333. The largest absolute Gasteiger partial charge is 0.352 e. The van der Waals surface area contributed by atoms with Gasteiger partial charge >= 0.3 is 0 Å². The summed E-state index contributed by atoms with van der Waals surface area (Å²) in [4.78, 5) is 20.1. The fourth-order valence-electron chi connectivity index (χ4n) is 3.99. The number of pyridine rings is 1. The molecule has 0 bridgehead atoms. The van der Waals surface area contributed by atoms with Crippen LogP contribution in [0.3, 0.4) is 0 Å². The Balaban J connectivity index is 1.51. The minimum absolute atomic E-state index is 0.0361. The zero-order valence-electron chi connectivity index (χ0n) is 14.1. The van der Waals surface area contributed by atoms with Crippen LogP contribution in [0.25, 0.3) is 22.2 Å². The molecule has 0 atom stereocenters. The molecule has 5 rings (SSSR count). The van der Waals surface area contributed by atoms with Crippen LogP contribution in [0, 0.1) is 5.92 Å². The van der Waals surface area contributed by atoms with Gasteiger partial charge in [-0.25, -0.2) is 4.98 Å². The Labute approximate surface area is 146 Å². The molecule has 1 fully saturated rings. The maximum absolute atomic E-state index is 11.9. The van der Waals surface area contributed by atoms with E-state index in [1.165, 1.54) is 25.0 Å². The van der Waals surface area contributed by atoms with Crippen LogP contribution in [-0.4, -0.2) is 22.4 Å². The van der Waals surface area contributed by atoms with E-state index in [1.54, 1.807) is 0 Å². The minimum atomic E-state index is 0.0361. The number of carbonyl (C=O) groups excluding carboxylic acids is 1. The van der Waals surface area contributed by atoms with Crippen molar-refractivity contribution in [2.45, 2.75) is 32.1 Å². The van der Waals surface area contributed by atoms with Gasteiger partial charge in [0, 0.05) is 34.9 Å². The molecule has 4 nitrogen and oxygen atoms in total. The third kappa shape index (κ3) is 2.53. The van der Waals surface area contributed by atoms with Gasteiger partial charge in [0.1, 0.15) is 5.65 Å². The number of rotatable bonds is 3. The zero-order valence-corrected chi connectivity index (χ0v) is 14.1. The van der Waals surface area contributed by atoms with Gasteiger partial charge in [-0.05, 0) is 48.1 Å². The van der Waals surface area contributed by atoms with Crippen molar-refractivity contribution in [1.29, 1.82) is 0 Å². The second kappa shape index (κ2) is 5.73. The number of hydrogen-bond acceptors (Lipinski definition) is 2. The van der Waals surface area contributed by atoms with Crippen LogP contribution in [0.4, 0.5) is 0 Å². The van der Waals surface area contributed by atoms with Gasteiger partial charge < -0.3 is 10.3 Å². The molecule has 0 spiro atoms. The molecule has 2 aromatic heterocycles. The van der Waals surface area contributed by atoms with Crippen LogP contribution in [-0.2, 0) is 12.8 Å². The highest BCUT2D eigenvalue weighted by atomic mass is 16.1. The third-order valence-corrected chi connectivity index (χ3v) is 5.66. The van der Waals surface area contributed by atoms with E-state index < -0.39 is 0 Å². The molecule has 4 heteroatoms. The van der Waals surface area contributed by atoms with Crippen molar-refractivity contribution in [2.24, 2.45) is 5.92 Å². The lowest BCUT2D eigenvalue weighted by Crippen LogP contribution is -2.31. The van der Waals surface area contributed by atoms with Crippen molar-refractivity contribution in [3.05, 3.63) is 53.3 Å². The average Bonchev–Trinajstić information content (AvgIpc) is 3.01. The summed E-state index contributed by atoms with van der Waals surface area (Å²) in [6.45, 7) is 0.718. The predicted molar refractivity (Wildman–Crippen MR) is 98.6 cm³/mol. The maximum Gasteiger partial charge on any atom is 0.251 e. The molecule has 1 saturated carbocycles. The normalized spacial score (nSPS) is 17.2.